The molecule has 15 nitrogen and oxygen atoms in total. The monoisotopic (exact) mass is 566 g/mol. The SMILES string of the molecule is O=C(O)CC[C@@H](C(=O)O)N(O)C(=O)N[C@@H](CCCCNC(=O)c1ccc(-n2cc(CCCF)nn2)cc1)C(=O)O. The van der Waals surface area contributed by atoms with E-state index in [0.29, 0.717) is 36.2 Å². The van der Waals surface area contributed by atoms with Gasteiger partial charge in [0, 0.05) is 18.5 Å². The molecular weight excluding hydrogens is 535 g/mol. The number of nitrogens with one attached hydrogen (secondary N) is 2. The summed E-state index contributed by atoms with van der Waals surface area (Å²) >= 11 is 0. The molecule has 0 spiro atoms. The second-order valence-corrected chi connectivity index (χ2v) is 8.72. The van der Waals surface area contributed by atoms with E-state index in [2.05, 4.69) is 15.6 Å². The van der Waals surface area contributed by atoms with E-state index in [9.17, 15) is 38.7 Å². The van der Waals surface area contributed by atoms with E-state index in [-0.39, 0.29) is 30.4 Å². The molecule has 0 saturated heterocycles. The van der Waals surface area contributed by atoms with Gasteiger partial charge in [0.25, 0.3) is 5.91 Å². The summed E-state index contributed by atoms with van der Waals surface area (Å²) in [4.78, 5) is 58.0. The van der Waals surface area contributed by atoms with Crippen molar-refractivity contribution in [2.24, 2.45) is 0 Å². The Hall–Kier alpha value is -4.60. The Kier molecular flexibility index (Phi) is 12.4. The van der Waals surface area contributed by atoms with Gasteiger partial charge in [-0.15, -0.1) is 5.10 Å². The van der Waals surface area contributed by atoms with Crippen molar-refractivity contribution in [3.05, 3.63) is 41.7 Å². The maximum Gasteiger partial charge on any atom is 0.342 e. The van der Waals surface area contributed by atoms with Crippen LogP contribution in [0.3, 0.4) is 0 Å². The zero-order chi connectivity index (χ0) is 29.7. The van der Waals surface area contributed by atoms with Gasteiger partial charge in [0.05, 0.1) is 24.3 Å². The molecule has 0 aliphatic rings. The number of carboxylic acid groups (broad SMARTS) is 3. The lowest BCUT2D eigenvalue weighted by molar-refractivity contribution is -0.158. The number of aromatic nitrogens is 3. The number of alkyl halides is 1. The molecule has 2 atom stereocenters. The van der Waals surface area contributed by atoms with Crippen LogP contribution < -0.4 is 10.6 Å². The van der Waals surface area contributed by atoms with Crippen LogP contribution in [0, 0.1) is 0 Å². The lowest BCUT2D eigenvalue weighted by Gasteiger charge is -2.24. The van der Waals surface area contributed by atoms with E-state index >= 15 is 0 Å². The summed E-state index contributed by atoms with van der Waals surface area (Å²) < 4.78 is 13.8. The number of amides is 3. The first-order valence-corrected chi connectivity index (χ1v) is 12.3. The first-order chi connectivity index (χ1) is 19.0. The maximum atomic E-state index is 12.4. The first-order valence-electron chi connectivity index (χ1n) is 12.3. The van der Waals surface area contributed by atoms with Crippen LogP contribution in [0.5, 0.6) is 0 Å². The van der Waals surface area contributed by atoms with E-state index in [4.69, 9.17) is 10.2 Å². The molecule has 0 bridgehead atoms. The number of aryl methyl sites for hydroxylation is 1. The summed E-state index contributed by atoms with van der Waals surface area (Å²) in [6, 6.07) is 1.78. The van der Waals surface area contributed by atoms with Crippen molar-refractivity contribution in [2.45, 2.75) is 57.0 Å². The largest absolute Gasteiger partial charge is 0.481 e. The summed E-state index contributed by atoms with van der Waals surface area (Å²) in [5.74, 6) is -4.78. The molecule has 218 valence electrons. The summed E-state index contributed by atoms with van der Waals surface area (Å²) in [5, 5.41) is 49.5. The second-order valence-electron chi connectivity index (χ2n) is 8.72. The third-order valence-corrected chi connectivity index (χ3v) is 5.72. The van der Waals surface area contributed by atoms with E-state index in [0.717, 1.165) is 0 Å². The molecule has 0 unspecified atom stereocenters. The fourth-order valence-electron chi connectivity index (χ4n) is 3.55. The molecule has 2 rings (SSSR count). The maximum absolute atomic E-state index is 12.4. The van der Waals surface area contributed by atoms with Crippen LogP contribution in [0.25, 0.3) is 5.69 Å². The Balaban J connectivity index is 1.79. The molecule has 0 aliphatic heterocycles. The number of aliphatic carboxylic acids is 3. The van der Waals surface area contributed by atoms with Crippen LogP contribution in [-0.4, -0.2) is 95.7 Å². The standard InChI is InChI=1S/C24H31FN6O9/c25-12-3-4-16-14-30(29-28-16)17-8-6-15(7-9-17)21(34)26-13-2-1-5-18(22(35)36)27-24(39)31(40)19(23(37)38)10-11-20(32)33/h6-9,14,18-19,40H,1-5,10-13H2,(H,26,34)(H,27,39)(H,32,33)(H,35,36)(H,37,38)/t18-,19-/m0/s1. The number of carbonyl (C=O) groups is 5. The van der Waals surface area contributed by atoms with E-state index < -0.39 is 55.5 Å². The van der Waals surface area contributed by atoms with Crippen molar-refractivity contribution in [1.82, 2.24) is 30.7 Å². The number of unbranched alkanes of at least 4 members (excludes halogenated alkanes) is 1. The van der Waals surface area contributed by atoms with Crippen molar-refractivity contribution in [1.29, 1.82) is 0 Å². The lowest BCUT2D eigenvalue weighted by Crippen LogP contribution is -2.52. The normalized spacial score (nSPS) is 12.2. The molecule has 0 fully saturated rings. The van der Waals surface area contributed by atoms with Gasteiger partial charge in [0.1, 0.15) is 6.04 Å². The van der Waals surface area contributed by atoms with Gasteiger partial charge in [0.2, 0.25) is 0 Å². The molecule has 1 aromatic heterocycles. The minimum absolute atomic E-state index is 0.0857. The van der Waals surface area contributed by atoms with Gasteiger partial charge in [0.15, 0.2) is 6.04 Å². The van der Waals surface area contributed by atoms with Crippen LogP contribution in [0.4, 0.5) is 9.18 Å². The number of nitrogens with zero attached hydrogens (tertiary/aromatic N) is 4. The number of carbonyl (C=O) groups excluding carboxylic acids is 2. The molecular formula is C24H31FN6O9. The highest BCUT2D eigenvalue weighted by Crippen LogP contribution is 2.11. The number of hydrogen-bond acceptors (Lipinski definition) is 8. The van der Waals surface area contributed by atoms with E-state index in [1.807, 2.05) is 5.32 Å². The van der Waals surface area contributed by atoms with Gasteiger partial charge in [-0.25, -0.2) is 19.1 Å². The third-order valence-electron chi connectivity index (χ3n) is 5.72. The molecule has 2 aromatic rings. The highest BCUT2D eigenvalue weighted by atomic mass is 19.1. The van der Waals surface area contributed by atoms with E-state index in [1.165, 1.54) is 4.68 Å². The third kappa shape index (κ3) is 9.94. The topological polar surface area (TPSA) is 224 Å². The molecule has 0 aliphatic carbocycles. The van der Waals surface area contributed by atoms with Crippen molar-refractivity contribution < 1.29 is 48.9 Å². The number of rotatable bonds is 17. The van der Waals surface area contributed by atoms with Crippen LogP contribution in [-0.2, 0) is 20.8 Å². The number of halogens is 1. The summed E-state index contributed by atoms with van der Waals surface area (Å²) in [6.07, 6.45) is 1.80. The van der Waals surface area contributed by atoms with Crippen molar-refractivity contribution in [2.75, 3.05) is 13.2 Å². The van der Waals surface area contributed by atoms with Gasteiger partial charge in [-0.2, -0.15) is 5.06 Å². The van der Waals surface area contributed by atoms with Gasteiger partial charge >= 0.3 is 23.9 Å². The number of benzene rings is 1. The van der Waals surface area contributed by atoms with Gasteiger partial charge in [-0.1, -0.05) is 5.21 Å². The van der Waals surface area contributed by atoms with Crippen LogP contribution in [0.15, 0.2) is 30.5 Å². The number of hydrogen-bond donors (Lipinski definition) is 6. The fourth-order valence-corrected chi connectivity index (χ4v) is 3.55. The molecule has 40 heavy (non-hydrogen) atoms. The average molecular weight is 567 g/mol. The smallest absolute Gasteiger partial charge is 0.342 e. The number of carboxylic acids is 3. The van der Waals surface area contributed by atoms with Crippen LogP contribution in [0.1, 0.15) is 54.6 Å². The highest BCUT2D eigenvalue weighted by molar-refractivity contribution is 5.94. The first kappa shape index (κ1) is 31.6. The Morgan fingerprint density at radius 2 is 1.68 bits per heavy atom. The molecule has 1 aromatic carbocycles. The van der Waals surface area contributed by atoms with Crippen molar-refractivity contribution in [3.8, 4) is 5.69 Å². The Bertz CT molecular complexity index is 1170. The Morgan fingerprint density at radius 3 is 2.27 bits per heavy atom. The summed E-state index contributed by atoms with van der Waals surface area (Å²) in [7, 11) is 0. The molecule has 0 saturated carbocycles. The zero-order valence-electron chi connectivity index (χ0n) is 21.4. The molecule has 0 radical (unpaired) electrons. The Labute approximate surface area is 227 Å². The highest BCUT2D eigenvalue weighted by Gasteiger charge is 2.31. The number of hydroxylamine groups is 2. The molecule has 3 amide bonds. The van der Waals surface area contributed by atoms with E-state index in [1.54, 1.807) is 30.5 Å². The molecule has 1 heterocycles. The van der Waals surface area contributed by atoms with Crippen LogP contribution in [0.2, 0.25) is 0 Å². The predicted molar refractivity (Wildman–Crippen MR) is 134 cm³/mol. The van der Waals surface area contributed by atoms with Gasteiger partial charge < -0.3 is 26.0 Å². The lowest BCUT2D eigenvalue weighted by atomic mass is 10.1. The quantitative estimate of drug-likeness (QED) is 0.0907. The van der Waals surface area contributed by atoms with Crippen LogP contribution >= 0.6 is 0 Å². The average Bonchev–Trinajstić information content (AvgIpc) is 3.39. The summed E-state index contributed by atoms with van der Waals surface area (Å²) in [5.41, 5.74) is 1.68. The fraction of sp³-hybridized carbons (Fsp3) is 0.458. The van der Waals surface area contributed by atoms with Crippen molar-refractivity contribution in [3.63, 3.8) is 0 Å². The van der Waals surface area contributed by atoms with Crippen molar-refractivity contribution >= 4 is 29.8 Å². The molecule has 16 heteroatoms. The van der Waals surface area contributed by atoms with Gasteiger partial charge in [-0.3, -0.25) is 19.2 Å². The second kappa shape index (κ2) is 15.7. The summed E-state index contributed by atoms with van der Waals surface area (Å²) in [6.45, 7) is -0.243. The minimum Gasteiger partial charge on any atom is -0.481 e. The Morgan fingerprint density at radius 1 is 0.975 bits per heavy atom. The predicted octanol–water partition coefficient (Wildman–Crippen LogP) is 1.24. The number of urea groups is 1. The van der Waals surface area contributed by atoms with Gasteiger partial charge in [-0.05, 0) is 62.8 Å². The molecule has 6 N–H and O–H groups in total. The minimum atomic E-state index is -1.88. The zero-order valence-corrected chi connectivity index (χ0v) is 21.4.